The average molecular weight is 204 g/mol. The summed E-state index contributed by atoms with van der Waals surface area (Å²) in [7, 11) is 0. The van der Waals surface area contributed by atoms with Crippen LogP contribution in [0.15, 0.2) is 24.3 Å². The van der Waals surface area contributed by atoms with Gasteiger partial charge in [0.25, 0.3) is 0 Å². The van der Waals surface area contributed by atoms with Crippen LogP contribution in [0.3, 0.4) is 0 Å². The van der Waals surface area contributed by atoms with Gasteiger partial charge in [-0.05, 0) is 12.0 Å². The van der Waals surface area contributed by atoms with Crippen LogP contribution in [0.2, 0.25) is 0 Å². The molecule has 4 nitrogen and oxygen atoms in total. The summed E-state index contributed by atoms with van der Waals surface area (Å²) in [6.07, 6.45) is 0.457. The second kappa shape index (κ2) is 3.47. The number of carbonyl (C=O) groups excluding carboxylic acids is 2. The Kier molecular flexibility index (Phi) is 2.28. The predicted molar refractivity (Wildman–Crippen MR) is 55.1 cm³/mol. The van der Waals surface area contributed by atoms with Gasteiger partial charge in [0.05, 0.1) is 12.0 Å². The molecule has 4 N–H and O–H groups in total. The average Bonchev–Trinajstić information content (AvgIpc) is 2.23. The van der Waals surface area contributed by atoms with Crippen molar-refractivity contribution >= 4 is 11.7 Å². The summed E-state index contributed by atoms with van der Waals surface area (Å²) in [4.78, 5) is 22.9. The highest BCUT2D eigenvalue weighted by Gasteiger charge is 2.35. The van der Waals surface area contributed by atoms with Gasteiger partial charge >= 0.3 is 0 Å². The van der Waals surface area contributed by atoms with Crippen LogP contribution in [0.1, 0.15) is 15.9 Å². The number of fused-ring (bicyclic) bond motifs is 1. The third-order valence-electron chi connectivity index (χ3n) is 2.82. The number of amides is 1. The standard InChI is InChI=1S/C11H12N2O2/c12-9-8(11(13)15)5-6-3-1-2-4-7(6)10(9)14/h1-4,8-9H,5,12H2,(H2,13,15). The van der Waals surface area contributed by atoms with E-state index in [1.807, 2.05) is 12.1 Å². The second-order valence-electron chi connectivity index (χ2n) is 3.76. The van der Waals surface area contributed by atoms with E-state index in [1.165, 1.54) is 0 Å². The smallest absolute Gasteiger partial charge is 0.222 e. The number of hydrogen-bond acceptors (Lipinski definition) is 3. The molecule has 1 aromatic carbocycles. The van der Waals surface area contributed by atoms with Gasteiger partial charge in [-0.25, -0.2) is 0 Å². The van der Waals surface area contributed by atoms with Gasteiger partial charge in [0.2, 0.25) is 5.91 Å². The van der Waals surface area contributed by atoms with Gasteiger partial charge in [-0.2, -0.15) is 0 Å². The minimum absolute atomic E-state index is 0.194. The summed E-state index contributed by atoms with van der Waals surface area (Å²) >= 11 is 0. The monoisotopic (exact) mass is 204 g/mol. The minimum atomic E-state index is -0.794. The molecule has 1 aromatic rings. The Balaban J connectivity index is 2.45. The topological polar surface area (TPSA) is 86.2 Å². The third kappa shape index (κ3) is 1.53. The van der Waals surface area contributed by atoms with Crippen molar-refractivity contribution in [3.05, 3.63) is 35.4 Å². The van der Waals surface area contributed by atoms with Crippen LogP contribution in [0.4, 0.5) is 0 Å². The lowest BCUT2D eigenvalue weighted by atomic mass is 9.79. The molecule has 2 unspecified atom stereocenters. The first-order valence-corrected chi connectivity index (χ1v) is 4.78. The number of nitrogens with two attached hydrogens (primary N) is 2. The van der Waals surface area contributed by atoms with E-state index in [4.69, 9.17) is 11.5 Å². The summed E-state index contributed by atoms with van der Waals surface area (Å²) in [5.41, 5.74) is 12.4. The molecule has 0 spiro atoms. The number of primary amides is 1. The molecule has 4 heteroatoms. The number of hydrogen-bond donors (Lipinski definition) is 2. The Morgan fingerprint density at radius 3 is 2.67 bits per heavy atom. The fraction of sp³-hybridized carbons (Fsp3) is 0.273. The maximum absolute atomic E-state index is 11.8. The molecule has 0 aliphatic heterocycles. The fourth-order valence-electron chi connectivity index (χ4n) is 1.94. The molecular formula is C11H12N2O2. The highest BCUT2D eigenvalue weighted by molar-refractivity contribution is 6.05. The number of Topliss-reactive ketones (excluding diaryl/α,β-unsaturated/α-hetero) is 1. The maximum Gasteiger partial charge on any atom is 0.222 e. The zero-order valence-electron chi connectivity index (χ0n) is 8.14. The van der Waals surface area contributed by atoms with Crippen molar-refractivity contribution in [1.29, 1.82) is 0 Å². The summed E-state index contributed by atoms with van der Waals surface area (Å²) in [5, 5.41) is 0. The molecule has 1 amide bonds. The van der Waals surface area contributed by atoms with E-state index < -0.39 is 17.9 Å². The van der Waals surface area contributed by atoms with E-state index in [0.29, 0.717) is 12.0 Å². The van der Waals surface area contributed by atoms with Gasteiger partial charge in [0.15, 0.2) is 5.78 Å². The van der Waals surface area contributed by atoms with E-state index in [2.05, 4.69) is 0 Å². The third-order valence-corrected chi connectivity index (χ3v) is 2.82. The van der Waals surface area contributed by atoms with Crippen molar-refractivity contribution in [2.75, 3.05) is 0 Å². The highest BCUT2D eigenvalue weighted by Crippen LogP contribution is 2.24. The van der Waals surface area contributed by atoms with Gasteiger partial charge < -0.3 is 11.5 Å². The van der Waals surface area contributed by atoms with Crippen LogP contribution < -0.4 is 11.5 Å². The van der Waals surface area contributed by atoms with Gasteiger partial charge in [-0.1, -0.05) is 24.3 Å². The summed E-state index contributed by atoms with van der Waals surface area (Å²) in [6, 6.07) is 6.39. The zero-order valence-corrected chi connectivity index (χ0v) is 8.14. The molecule has 0 radical (unpaired) electrons. The lowest BCUT2D eigenvalue weighted by Crippen LogP contribution is -2.48. The first kappa shape index (κ1) is 9.86. The van der Waals surface area contributed by atoms with E-state index in [9.17, 15) is 9.59 Å². The van der Waals surface area contributed by atoms with Gasteiger partial charge in [-0.15, -0.1) is 0 Å². The zero-order chi connectivity index (χ0) is 11.0. The number of ketones is 1. The number of benzene rings is 1. The summed E-state index contributed by atoms with van der Waals surface area (Å²) in [5.74, 6) is -1.28. The molecule has 0 saturated carbocycles. The molecule has 2 atom stereocenters. The Morgan fingerprint density at radius 1 is 1.33 bits per heavy atom. The normalized spacial score (nSPS) is 24.7. The van der Waals surface area contributed by atoms with Crippen molar-refractivity contribution in [3.63, 3.8) is 0 Å². The first-order valence-electron chi connectivity index (χ1n) is 4.78. The van der Waals surface area contributed by atoms with Crippen molar-refractivity contribution in [2.45, 2.75) is 12.5 Å². The quantitative estimate of drug-likeness (QED) is 0.667. The molecular weight excluding hydrogens is 192 g/mol. The predicted octanol–water partition coefficient (Wildman–Crippen LogP) is -0.146. The van der Waals surface area contributed by atoms with Crippen LogP contribution in [-0.4, -0.2) is 17.7 Å². The minimum Gasteiger partial charge on any atom is -0.369 e. The second-order valence-corrected chi connectivity index (χ2v) is 3.76. The van der Waals surface area contributed by atoms with Crippen molar-refractivity contribution in [1.82, 2.24) is 0 Å². The maximum atomic E-state index is 11.8. The van der Waals surface area contributed by atoms with E-state index in [1.54, 1.807) is 12.1 Å². The molecule has 0 aromatic heterocycles. The van der Waals surface area contributed by atoms with Crippen LogP contribution >= 0.6 is 0 Å². The fourth-order valence-corrected chi connectivity index (χ4v) is 1.94. The Morgan fingerprint density at radius 2 is 2.00 bits per heavy atom. The van der Waals surface area contributed by atoms with Gasteiger partial charge in [0.1, 0.15) is 0 Å². The lowest BCUT2D eigenvalue weighted by Gasteiger charge is -2.26. The van der Waals surface area contributed by atoms with Crippen LogP contribution in [0.5, 0.6) is 0 Å². The molecule has 1 aliphatic rings. The largest absolute Gasteiger partial charge is 0.369 e. The molecule has 0 bridgehead atoms. The van der Waals surface area contributed by atoms with Gasteiger partial charge in [-0.3, -0.25) is 9.59 Å². The molecule has 2 rings (SSSR count). The van der Waals surface area contributed by atoms with Crippen molar-refractivity contribution < 1.29 is 9.59 Å². The molecule has 1 aliphatic carbocycles. The SMILES string of the molecule is NC(=O)C1Cc2ccccc2C(=O)C1N. The Labute approximate surface area is 87.3 Å². The van der Waals surface area contributed by atoms with E-state index in [-0.39, 0.29) is 5.78 Å². The molecule has 78 valence electrons. The lowest BCUT2D eigenvalue weighted by molar-refractivity contribution is -0.122. The van der Waals surface area contributed by atoms with E-state index in [0.717, 1.165) is 5.56 Å². The highest BCUT2D eigenvalue weighted by atomic mass is 16.1. The van der Waals surface area contributed by atoms with E-state index >= 15 is 0 Å². The van der Waals surface area contributed by atoms with Gasteiger partial charge in [0, 0.05) is 5.56 Å². The Bertz CT molecular complexity index is 428. The van der Waals surface area contributed by atoms with Crippen LogP contribution in [-0.2, 0) is 11.2 Å². The first-order chi connectivity index (χ1) is 7.11. The number of carbonyl (C=O) groups is 2. The molecule has 0 saturated heterocycles. The van der Waals surface area contributed by atoms with Crippen molar-refractivity contribution in [2.24, 2.45) is 17.4 Å². The summed E-state index contributed by atoms with van der Waals surface area (Å²) < 4.78 is 0. The molecule has 0 heterocycles. The molecule has 15 heavy (non-hydrogen) atoms. The Hall–Kier alpha value is -1.68. The summed E-state index contributed by atoms with van der Waals surface area (Å²) in [6.45, 7) is 0. The molecule has 0 fully saturated rings. The number of rotatable bonds is 1. The van der Waals surface area contributed by atoms with Crippen LogP contribution in [0.25, 0.3) is 0 Å². The van der Waals surface area contributed by atoms with Crippen molar-refractivity contribution in [3.8, 4) is 0 Å². The van der Waals surface area contributed by atoms with Crippen LogP contribution in [0, 0.1) is 5.92 Å².